The molecule has 0 saturated heterocycles. The number of hydrogen-bond donors (Lipinski definition) is 1. The van der Waals surface area contributed by atoms with E-state index in [1.807, 2.05) is 27.7 Å². The van der Waals surface area contributed by atoms with E-state index in [-0.39, 0.29) is 23.3 Å². The fourth-order valence-corrected chi connectivity index (χ4v) is 4.79. The van der Waals surface area contributed by atoms with Crippen molar-refractivity contribution in [1.29, 1.82) is 0 Å². The molecule has 0 radical (unpaired) electrons. The third-order valence-electron chi connectivity index (χ3n) is 5.13. The number of hydrogen-bond acceptors (Lipinski definition) is 5. The number of nitrogens with one attached hydrogen (secondary N) is 1. The monoisotopic (exact) mass is 446 g/mol. The predicted molar refractivity (Wildman–Crippen MR) is 121 cm³/mol. The van der Waals surface area contributed by atoms with E-state index in [0.717, 1.165) is 0 Å². The van der Waals surface area contributed by atoms with Gasteiger partial charge in [0, 0.05) is 6.54 Å². The second-order valence-electron chi connectivity index (χ2n) is 8.90. The number of amides is 1. The van der Waals surface area contributed by atoms with Gasteiger partial charge in [0.25, 0.3) is 10.0 Å². The van der Waals surface area contributed by atoms with E-state index >= 15 is 0 Å². The van der Waals surface area contributed by atoms with Crippen molar-refractivity contribution in [2.75, 3.05) is 29.9 Å². The standard InChI is InChI=1S/C23H30N2O5S/c1-15(2)13-25-19-12-17(7-9-20(19)30-14-23(4,5)22(25)26)24-31(27,28)21-10-8-18(29-6)11-16(21)3/h7-12,15,24H,13-14H2,1-6H3. The highest BCUT2D eigenvalue weighted by atomic mass is 32.2. The summed E-state index contributed by atoms with van der Waals surface area (Å²) >= 11 is 0. The van der Waals surface area contributed by atoms with E-state index in [9.17, 15) is 13.2 Å². The Labute approximate surface area is 184 Å². The molecule has 1 heterocycles. The van der Waals surface area contributed by atoms with Gasteiger partial charge >= 0.3 is 0 Å². The molecule has 2 aromatic carbocycles. The highest BCUT2D eigenvalue weighted by molar-refractivity contribution is 7.92. The molecule has 1 aliphatic rings. The molecule has 2 aromatic rings. The topological polar surface area (TPSA) is 84.9 Å². The molecule has 7 nitrogen and oxygen atoms in total. The molecule has 0 aromatic heterocycles. The summed E-state index contributed by atoms with van der Waals surface area (Å²) in [5, 5.41) is 0. The highest BCUT2D eigenvalue weighted by Gasteiger charge is 2.38. The maximum atomic E-state index is 13.2. The molecule has 0 atom stereocenters. The highest BCUT2D eigenvalue weighted by Crippen LogP contribution is 2.39. The van der Waals surface area contributed by atoms with E-state index in [0.29, 0.717) is 35.0 Å². The van der Waals surface area contributed by atoms with Crippen molar-refractivity contribution in [3.8, 4) is 11.5 Å². The first-order valence-electron chi connectivity index (χ1n) is 10.2. The molecule has 0 fully saturated rings. The Kier molecular flexibility index (Phi) is 6.23. The number of fused-ring (bicyclic) bond motifs is 1. The Morgan fingerprint density at radius 2 is 1.90 bits per heavy atom. The summed E-state index contributed by atoms with van der Waals surface area (Å²) < 4.78 is 39.7. The summed E-state index contributed by atoms with van der Waals surface area (Å²) in [5.41, 5.74) is 0.811. The van der Waals surface area contributed by atoms with Crippen LogP contribution in [0, 0.1) is 18.3 Å². The number of carbonyl (C=O) groups excluding carboxylic acids is 1. The van der Waals surface area contributed by atoms with Gasteiger partial charge in [-0.3, -0.25) is 9.52 Å². The molecule has 8 heteroatoms. The first-order chi connectivity index (χ1) is 14.4. The number of anilines is 2. The lowest BCUT2D eigenvalue weighted by Gasteiger charge is -2.29. The molecule has 168 valence electrons. The van der Waals surface area contributed by atoms with Crippen LogP contribution in [0.5, 0.6) is 11.5 Å². The van der Waals surface area contributed by atoms with E-state index in [1.165, 1.54) is 13.2 Å². The summed E-state index contributed by atoms with van der Waals surface area (Å²) in [5.74, 6) is 1.33. The number of nitrogens with zero attached hydrogens (tertiary/aromatic N) is 1. The average molecular weight is 447 g/mol. The summed E-state index contributed by atoms with van der Waals surface area (Å²) in [6.45, 7) is 10.2. The van der Waals surface area contributed by atoms with Crippen LogP contribution >= 0.6 is 0 Å². The third-order valence-corrected chi connectivity index (χ3v) is 6.68. The van der Waals surface area contributed by atoms with Crippen LogP contribution in [-0.2, 0) is 14.8 Å². The van der Waals surface area contributed by atoms with Gasteiger partial charge in [0.1, 0.15) is 18.1 Å². The van der Waals surface area contributed by atoms with Crippen molar-refractivity contribution < 1.29 is 22.7 Å². The van der Waals surface area contributed by atoms with Gasteiger partial charge in [-0.1, -0.05) is 13.8 Å². The molecule has 1 amide bonds. The van der Waals surface area contributed by atoms with E-state index in [1.54, 1.807) is 42.2 Å². The van der Waals surface area contributed by atoms with Crippen LogP contribution in [0.4, 0.5) is 11.4 Å². The van der Waals surface area contributed by atoms with Crippen LogP contribution in [0.3, 0.4) is 0 Å². The van der Waals surface area contributed by atoms with Crippen LogP contribution in [0.2, 0.25) is 0 Å². The SMILES string of the molecule is COc1ccc(S(=O)(=O)Nc2ccc3c(c2)N(CC(C)C)C(=O)C(C)(C)CO3)c(C)c1. The Bertz CT molecular complexity index is 1090. The maximum Gasteiger partial charge on any atom is 0.262 e. The zero-order valence-electron chi connectivity index (χ0n) is 18.9. The number of ether oxygens (including phenoxy) is 2. The fourth-order valence-electron chi connectivity index (χ4n) is 3.52. The minimum atomic E-state index is -3.83. The number of aryl methyl sites for hydroxylation is 1. The Morgan fingerprint density at radius 1 is 1.19 bits per heavy atom. The number of sulfonamides is 1. The van der Waals surface area contributed by atoms with Crippen molar-refractivity contribution in [1.82, 2.24) is 0 Å². The second kappa shape index (κ2) is 8.42. The predicted octanol–water partition coefficient (Wildman–Crippen LogP) is 4.21. The van der Waals surface area contributed by atoms with Crippen LogP contribution in [0.15, 0.2) is 41.3 Å². The zero-order valence-corrected chi connectivity index (χ0v) is 19.7. The normalized spacial score (nSPS) is 15.8. The van der Waals surface area contributed by atoms with Gasteiger partial charge in [0.2, 0.25) is 5.91 Å². The molecule has 0 saturated carbocycles. The average Bonchev–Trinajstić information content (AvgIpc) is 2.77. The largest absolute Gasteiger partial charge is 0.497 e. The van der Waals surface area contributed by atoms with Gasteiger partial charge in [0.05, 0.1) is 28.8 Å². The quantitative estimate of drug-likeness (QED) is 0.718. The number of rotatable bonds is 6. The maximum absolute atomic E-state index is 13.2. The van der Waals surface area contributed by atoms with Gasteiger partial charge in [0.15, 0.2) is 0 Å². The molecular weight excluding hydrogens is 416 g/mol. The van der Waals surface area contributed by atoms with Gasteiger partial charge < -0.3 is 14.4 Å². The van der Waals surface area contributed by atoms with E-state index in [2.05, 4.69) is 4.72 Å². The van der Waals surface area contributed by atoms with Crippen LogP contribution in [0.25, 0.3) is 0 Å². The van der Waals surface area contributed by atoms with Gasteiger partial charge in [-0.25, -0.2) is 8.42 Å². The molecule has 0 spiro atoms. The summed E-state index contributed by atoms with van der Waals surface area (Å²) in [6.07, 6.45) is 0. The first kappa shape index (κ1) is 22.9. The molecule has 1 aliphatic heterocycles. The van der Waals surface area contributed by atoms with Crippen molar-refractivity contribution in [2.45, 2.75) is 39.5 Å². The molecule has 3 rings (SSSR count). The van der Waals surface area contributed by atoms with Gasteiger partial charge in [-0.2, -0.15) is 0 Å². The minimum Gasteiger partial charge on any atom is -0.497 e. The van der Waals surface area contributed by atoms with E-state index in [4.69, 9.17) is 9.47 Å². The fraction of sp³-hybridized carbons (Fsp3) is 0.435. The number of benzene rings is 2. The molecule has 0 bridgehead atoms. The minimum absolute atomic E-state index is 0.0500. The zero-order chi connectivity index (χ0) is 23.0. The Balaban J connectivity index is 1.99. The number of carbonyl (C=O) groups is 1. The van der Waals surface area contributed by atoms with Crippen molar-refractivity contribution in [2.24, 2.45) is 11.3 Å². The molecular formula is C23H30N2O5S. The van der Waals surface area contributed by atoms with Crippen LogP contribution in [0.1, 0.15) is 33.3 Å². The summed E-state index contributed by atoms with van der Waals surface area (Å²) in [4.78, 5) is 15.0. The Hall–Kier alpha value is -2.74. The van der Waals surface area contributed by atoms with E-state index < -0.39 is 15.4 Å². The lowest BCUT2D eigenvalue weighted by Crippen LogP contribution is -2.43. The van der Waals surface area contributed by atoms with Crippen LogP contribution < -0.4 is 19.1 Å². The number of methoxy groups -OCH3 is 1. The van der Waals surface area contributed by atoms with Crippen molar-refractivity contribution >= 4 is 27.3 Å². The van der Waals surface area contributed by atoms with Gasteiger partial charge in [-0.15, -0.1) is 0 Å². The second-order valence-corrected chi connectivity index (χ2v) is 10.6. The third kappa shape index (κ3) is 4.79. The Morgan fingerprint density at radius 3 is 2.52 bits per heavy atom. The van der Waals surface area contributed by atoms with Crippen molar-refractivity contribution in [3.05, 3.63) is 42.0 Å². The smallest absolute Gasteiger partial charge is 0.262 e. The van der Waals surface area contributed by atoms with Crippen LogP contribution in [-0.4, -0.2) is 34.6 Å². The van der Waals surface area contributed by atoms with Gasteiger partial charge in [-0.05, 0) is 68.7 Å². The molecule has 0 aliphatic carbocycles. The molecule has 0 unspecified atom stereocenters. The molecule has 1 N–H and O–H groups in total. The summed E-state index contributed by atoms with van der Waals surface area (Å²) in [7, 11) is -2.30. The molecule has 31 heavy (non-hydrogen) atoms. The summed E-state index contributed by atoms with van der Waals surface area (Å²) in [6, 6.07) is 9.80. The van der Waals surface area contributed by atoms with Crippen molar-refractivity contribution in [3.63, 3.8) is 0 Å². The lowest BCUT2D eigenvalue weighted by atomic mass is 9.92. The first-order valence-corrected chi connectivity index (χ1v) is 11.7. The lowest BCUT2D eigenvalue weighted by molar-refractivity contribution is -0.127.